The van der Waals surface area contributed by atoms with Gasteiger partial charge in [-0.3, -0.25) is 0 Å². The Bertz CT molecular complexity index is 406. The van der Waals surface area contributed by atoms with E-state index in [1.165, 1.54) is 37.3 Å². The van der Waals surface area contributed by atoms with E-state index in [2.05, 4.69) is 16.3 Å². The number of furan rings is 1. The number of nitrogens with one attached hydrogen (secondary N) is 1. The normalized spacial score (nSPS) is 41.2. The zero-order valence-electron chi connectivity index (χ0n) is 9.54. The number of hydrogen-bond donors (Lipinski definition) is 1. The standard InChI is InChI=1S/C13H18N2O/c1-5-14-13(12-10(1)4-8-16-12)9-15-6-2-11(13)3-7-15/h4,8,11,14H,1-3,5-7,9H2. The Morgan fingerprint density at radius 2 is 2.25 bits per heavy atom. The molecule has 3 heteroatoms. The summed E-state index contributed by atoms with van der Waals surface area (Å²) in [4.78, 5) is 2.59. The second-order valence-corrected chi connectivity index (χ2v) is 5.47. The van der Waals surface area contributed by atoms with Gasteiger partial charge in [0.1, 0.15) is 5.76 Å². The van der Waals surface area contributed by atoms with Gasteiger partial charge in [-0.25, -0.2) is 0 Å². The lowest BCUT2D eigenvalue weighted by Crippen LogP contribution is -2.65. The second kappa shape index (κ2) is 3.11. The first kappa shape index (κ1) is 9.25. The number of piperidine rings is 3. The fourth-order valence-electron chi connectivity index (χ4n) is 3.95. The highest BCUT2D eigenvalue weighted by Gasteiger charge is 2.51. The molecule has 3 saturated heterocycles. The van der Waals surface area contributed by atoms with Gasteiger partial charge in [0, 0.05) is 13.1 Å². The fourth-order valence-corrected chi connectivity index (χ4v) is 3.95. The van der Waals surface area contributed by atoms with Gasteiger partial charge < -0.3 is 14.6 Å². The summed E-state index contributed by atoms with van der Waals surface area (Å²) in [5.74, 6) is 2.02. The molecular formula is C13H18N2O. The molecule has 1 atom stereocenters. The molecule has 0 radical (unpaired) electrons. The molecular weight excluding hydrogens is 200 g/mol. The molecule has 1 unspecified atom stereocenters. The van der Waals surface area contributed by atoms with Crippen LogP contribution in [-0.2, 0) is 12.0 Å². The van der Waals surface area contributed by atoms with Crippen molar-refractivity contribution in [3.8, 4) is 0 Å². The van der Waals surface area contributed by atoms with Crippen molar-refractivity contribution in [2.75, 3.05) is 26.2 Å². The SMILES string of the molecule is c1cc2c(o1)C1(CN3CCC1CC3)NCC2. The molecule has 0 aliphatic carbocycles. The van der Waals surface area contributed by atoms with Gasteiger partial charge in [-0.15, -0.1) is 0 Å². The highest BCUT2D eigenvalue weighted by atomic mass is 16.3. The Kier molecular flexibility index (Phi) is 1.80. The lowest BCUT2D eigenvalue weighted by molar-refractivity contribution is -0.0129. The van der Waals surface area contributed by atoms with Crippen LogP contribution in [0.15, 0.2) is 16.7 Å². The molecule has 3 nitrogen and oxygen atoms in total. The predicted molar refractivity (Wildman–Crippen MR) is 61.3 cm³/mol. The predicted octanol–water partition coefficient (Wildman–Crippen LogP) is 1.35. The molecule has 1 spiro atoms. The minimum absolute atomic E-state index is 0.146. The van der Waals surface area contributed by atoms with Crippen LogP contribution in [0, 0.1) is 5.92 Å². The largest absolute Gasteiger partial charge is 0.467 e. The molecule has 16 heavy (non-hydrogen) atoms. The van der Waals surface area contributed by atoms with Crippen molar-refractivity contribution in [3.63, 3.8) is 0 Å². The van der Waals surface area contributed by atoms with Crippen LogP contribution in [0.4, 0.5) is 0 Å². The summed E-state index contributed by atoms with van der Waals surface area (Å²) in [6.45, 7) is 4.82. The van der Waals surface area contributed by atoms with E-state index >= 15 is 0 Å². The number of hydrogen-bond acceptors (Lipinski definition) is 3. The van der Waals surface area contributed by atoms with E-state index in [-0.39, 0.29) is 5.54 Å². The van der Waals surface area contributed by atoms with E-state index < -0.39 is 0 Å². The first-order valence-electron chi connectivity index (χ1n) is 6.43. The summed E-state index contributed by atoms with van der Waals surface area (Å²) >= 11 is 0. The molecule has 1 N–H and O–H groups in total. The van der Waals surface area contributed by atoms with Gasteiger partial charge in [0.15, 0.2) is 0 Å². The van der Waals surface area contributed by atoms with Crippen LogP contribution >= 0.6 is 0 Å². The molecule has 0 amide bonds. The van der Waals surface area contributed by atoms with Crippen LogP contribution in [0.1, 0.15) is 24.2 Å². The Morgan fingerprint density at radius 1 is 1.38 bits per heavy atom. The van der Waals surface area contributed by atoms with Gasteiger partial charge in [-0.05, 0) is 49.9 Å². The molecule has 0 saturated carbocycles. The van der Waals surface area contributed by atoms with Crippen molar-refractivity contribution in [1.82, 2.24) is 10.2 Å². The summed E-state index contributed by atoms with van der Waals surface area (Å²) < 4.78 is 5.81. The highest BCUT2D eigenvalue weighted by molar-refractivity contribution is 5.31. The van der Waals surface area contributed by atoms with Crippen LogP contribution in [0.25, 0.3) is 0 Å². The fraction of sp³-hybridized carbons (Fsp3) is 0.692. The van der Waals surface area contributed by atoms with Crippen molar-refractivity contribution in [1.29, 1.82) is 0 Å². The molecule has 86 valence electrons. The zero-order valence-corrected chi connectivity index (χ0v) is 9.54. The van der Waals surface area contributed by atoms with Crippen LogP contribution < -0.4 is 5.32 Å². The quantitative estimate of drug-likeness (QED) is 0.712. The highest BCUT2D eigenvalue weighted by Crippen LogP contribution is 2.45. The molecule has 3 fully saturated rings. The van der Waals surface area contributed by atoms with Crippen LogP contribution in [0.5, 0.6) is 0 Å². The van der Waals surface area contributed by atoms with E-state index in [4.69, 9.17) is 4.42 Å². The summed E-state index contributed by atoms with van der Waals surface area (Å²) in [5, 5.41) is 3.77. The topological polar surface area (TPSA) is 28.4 Å². The number of fused-ring (bicyclic) bond motifs is 3. The van der Waals surface area contributed by atoms with Gasteiger partial charge in [0.25, 0.3) is 0 Å². The maximum atomic E-state index is 5.81. The van der Waals surface area contributed by atoms with E-state index in [0.717, 1.165) is 25.4 Å². The van der Waals surface area contributed by atoms with Crippen molar-refractivity contribution in [3.05, 3.63) is 23.7 Å². The smallest absolute Gasteiger partial charge is 0.128 e. The van der Waals surface area contributed by atoms with Gasteiger partial charge >= 0.3 is 0 Å². The third-order valence-corrected chi connectivity index (χ3v) is 4.74. The Hall–Kier alpha value is -0.800. The summed E-state index contributed by atoms with van der Waals surface area (Å²) in [6.07, 6.45) is 5.65. The third kappa shape index (κ3) is 1.05. The maximum absolute atomic E-state index is 5.81. The van der Waals surface area contributed by atoms with E-state index in [1.807, 2.05) is 6.26 Å². The molecule has 4 aliphatic rings. The van der Waals surface area contributed by atoms with Gasteiger partial charge in [0.05, 0.1) is 11.8 Å². The summed E-state index contributed by atoms with van der Waals surface area (Å²) in [7, 11) is 0. The lowest BCUT2D eigenvalue weighted by Gasteiger charge is -2.54. The Morgan fingerprint density at radius 3 is 3.00 bits per heavy atom. The van der Waals surface area contributed by atoms with E-state index in [0.29, 0.717) is 0 Å². The molecule has 0 aromatic carbocycles. The average Bonchev–Trinajstić information content (AvgIpc) is 2.80. The van der Waals surface area contributed by atoms with Crippen molar-refractivity contribution < 1.29 is 4.42 Å². The van der Waals surface area contributed by atoms with Crippen molar-refractivity contribution in [2.45, 2.75) is 24.8 Å². The van der Waals surface area contributed by atoms with Gasteiger partial charge in [0.2, 0.25) is 0 Å². The Balaban J connectivity index is 1.83. The zero-order chi connectivity index (χ0) is 10.6. The van der Waals surface area contributed by atoms with E-state index in [9.17, 15) is 0 Å². The molecule has 4 aliphatic heterocycles. The first-order valence-corrected chi connectivity index (χ1v) is 6.43. The molecule has 2 bridgehead atoms. The monoisotopic (exact) mass is 218 g/mol. The van der Waals surface area contributed by atoms with Crippen molar-refractivity contribution in [2.24, 2.45) is 5.92 Å². The second-order valence-electron chi connectivity index (χ2n) is 5.47. The molecule has 1 aromatic rings. The summed E-state index contributed by atoms with van der Waals surface area (Å²) in [6, 6.07) is 2.16. The van der Waals surface area contributed by atoms with Crippen LogP contribution in [0.2, 0.25) is 0 Å². The van der Waals surface area contributed by atoms with Gasteiger partial charge in [-0.2, -0.15) is 0 Å². The van der Waals surface area contributed by atoms with Crippen LogP contribution in [-0.4, -0.2) is 31.1 Å². The minimum atomic E-state index is 0.146. The lowest BCUT2D eigenvalue weighted by atomic mass is 9.69. The third-order valence-electron chi connectivity index (χ3n) is 4.74. The molecule has 5 heterocycles. The molecule has 5 rings (SSSR count). The van der Waals surface area contributed by atoms with Crippen LogP contribution in [0.3, 0.4) is 0 Å². The average molecular weight is 218 g/mol. The molecule has 1 aromatic heterocycles. The summed E-state index contributed by atoms with van der Waals surface area (Å²) in [5.41, 5.74) is 1.58. The first-order chi connectivity index (χ1) is 7.88. The Labute approximate surface area is 95.8 Å². The number of nitrogens with zero attached hydrogens (tertiary/aromatic N) is 1. The van der Waals surface area contributed by atoms with Crippen molar-refractivity contribution >= 4 is 0 Å². The minimum Gasteiger partial charge on any atom is -0.467 e. The van der Waals surface area contributed by atoms with E-state index in [1.54, 1.807) is 0 Å². The maximum Gasteiger partial charge on any atom is 0.128 e. The van der Waals surface area contributed by atoms with Gasteiger partial charge in [-0.1, -0.05) is 0 Å². The number of rotatable bonds is 0.